The Balaban J connectivity index is 1.57. The molecule has 1 aliphatic heterocycles. The van der Waals surface area contributed by atoms with E-state index in [1.54, 1.807) is 24.3 Å². The third kappa shape index (κ3) is 4.44. The molecule has 2 aromatic carbocycles. The fourth-order valence-corrected chi connectivity index (χ4v) is 2.72. The van der Waals surface area contributed by atoms with Crippen molar-refractivity contribution in [3.8, 4) is 11.5 Å². The van der Waals surface area contributed by atoms with E-state index >= 15 is 0 Å². The molecule has 4 amide bonds. The van der Waals surface area contributed by atoms with Crippen LogP contribution >= 0.6 is 0 Å². The first kappa shape index (κ1) is 18.4. The van der Waals surface area contributed by atoms with Gasteiger partial charge in [-0.2, -0.15) is 0 Å². The fraction of sp³-hybridized carbons (Fsp3) is 0.250. The molecule has 1 atom stereocenters. The molecule has 0 saturated carbocycles. The number of carbonyl (C=O) groups is 3. The maximum absolute atomic E-state index is 12.2. The minimum absolute atomic E-state index is 0.0355. The highest BCUT2D eigenvalue weighted by Crippen LogP contribution is 2.22. The summed E-state index contributed by atoms with van der Waals surface area (Å²) in [6, 6.07) is 15.1. The number of ether oxygens (including phenoxy) is 1. The number of para-hydroxylation sites is 1. The molecule has 1 aliphatic rings. The zero-order chi connectivity index (χ0) is 19.4. The van der Waals surface area contributed by atoms with Gasteiger partial charge in [-0.05, 0) is 42.3 Å². The highest BCUT2D eigenvalue weighted by Gasteiger charge is 2.40. The van der Waals surface area contributed by atoms with Crippen LogP contribution in [0.15, 0.2) is 54.6 Å². The van der Waals surface area contributed by atoms with Gasteiger partial charge in [0, 0.05) is 5.69 Å². The number of imide groups is 1. The first-order valence-corrected chi connectivity index (χ1v) is 8.69. The van der Waals surface area contributed by atoms with Crippen molar-refractivity contribution in [2.45, 2.75) is 19.9 Å². The average Bonchev–Trinajstić information content (AvgIpc) is 2.93. The van der Waals surface area contributed by atoms with Crippen molar-refractivity contribution in [3.05, 3.63) is 54.6 Å². The summed E-state index contributed by atoms with van der Waals surface area (Å²) in [4.78, 5) is 37.2. The molecule has 3 rings (SSSR count). The average molecular weight is 367 g/mol. The fourth-order valence-electron chi connectivity index (χ4n) is 2.72. The number of nitrogens with one attached hydrogen (secondary N) is 2. The number of nitrogens with zero attached hydrogens (tertiary/aromatic N) is 1. The van der Waals surface area contributed by atoms with Gasteiger partial charge in [-0.25, -0.2) is 4.79 Å². The first-order valence-electron chi connectivity index (χ1n) is 8.69. The van der Waals surface area contributed by atoms with E-state index in [-0.39, 0.29) is 18.4 Å². The number of anilines is 1. The van der Waals surface area contributed by atoms with E-state index in [0.717, 1.165) is 4.90 Å². The smallest absolute Gasteiger partial charge is 0.325 e. The maximum atomic E-state index is 12.2. The van der Waals surface area contributed by atoms with Crippen LogP contribution in [-0.2, 0) is 9.59 Å². The summed E-state index contributed by atoms with van der Waals surface area (Å²) in [5.74, 6) is 0.490. The Morgan fingerprint density at radius 1 is 1.07 bits per heavy atom. The van der Waals surface area contributed by atoms with E-state index in [9.17, 15) is 14.4 Å². The third-order valence-corrected chi connectivity index (χ3v) is 4.14. The van der Waals surface area contributed by atoms with Crippen LogP contribution in [0.1, 0.15) is 13.8 Å². The lowest BCUT2D eigenvalue weighted by molar-refractivity contribution is -0.131. The lowest BCUT2D eigenvalue weighted by Crippen LogP contribution is -2.39. The quantitative estimate of drug-likeness (QED) is 0.769. The van der Waals surface area contributed by atoms with Crippen molar-refractivity contribution in [2.24, 2.45) is 5.92 Å². The zero-order valence-corrected chi connectivity index (χ0v) is 15.1. The van der Waals surface area contributed by atoms with Crippen LogP contribution in [0, 0.1) is 5.92 Å². The van der Waals surface area contributed by atoms with Crippen molar-refractivity contribution in [2.75, 3.05) is 11.9 Å². The number of hydrogen-bond donors (Lipinski definition) is 2. The second kappa shape index (κ2) is 7.90. The van der Waals surface area contributed by atoms with Crippen molar-refractivity contribution in [1.29, 1.82) is 0 Å². The number of benzene rings is 2. The van der Waals surface area contributed by atoms with Gasteiger partial charge in [0.2, 0.25) is 5.91 Å². The van der Waals surface area contributed by atoms with Crippen LogP contribution in [0.25, 0.3) is 0 Å². The Kier molecular flexibility index (Phi) is 5.40. The highest BCUT2D eigenvalue weighted by molar-refractivity contribution is 6.08. The molecule has 0 bridgehead atoms. The predicted molar refractivity (Wildman–Crippen MR) is 100 cm³/mol. The number of urea groups is 1. The number of hydrogen-bond acceptors (Lipinski definition) is 4. The van der Waals surface area contributed by atoms with Crippen LogP contribution < -0.4 is 15.4 Å². The van der Waals surface area contributed by atoms with E-state index < -0.39 is 18.0 Å². The maximum Gasteiger partial charge on any atom is 0.325 e. The van der Waals surface area contributed by atoms with Gasteiger partial charge < -0.3 is 15.4 Å². The Morgan fingerprint density at radius 2 is 1.70 bits per heavy atom. The number of amides is 4. The van der Waals surface area contributed by atoms with Crippen LogP contribution in [0.3, 0.4) is 0 Å². The standard InChI is InChI=1S/C20H21N3O4/c1-13(2)18-19(25)23(20(26)22-18)12-17(24)21-14-8-10-16(11-9-14)27-15-6-4-3-5-7-15/h3-11,13,18H,12H2,1-2H3,(H,21,24)(H,22,26). The van der Waals surface area contributed by atoms with Gasteiger partial charge >= 0.3 is 6.03 Å². The van der Waals surface area contributed by atoms with Crippen LogP contribution in [0.4, 0.5) is 10.5 Å². The minimum Gasteiger partial charge on any atom is -0.457 e. The zero-order valence-electron chi connectivity index (χ0n) is 15.1. The highest BCUT2D eigenvalue weighted by atomic mass is 16.5. The molecule has 140 valence electrons. The number of carbonyl (C=O) groups excluding carboxylic acids is 3. The van der Waals surface area contributed by atoms with Crippen LogP contribution in [0.2, 0.25) is 0 Å². The molecule has 1 saturated heterocycles. The summed E-state index contributed by atoms with van der Waals surface area (Å²) in [5, 5.41) is 5.27. The molecule has 0 aromatic heterocycles. The van der Waals surface area contributed by atoms with E-state index in [0.29, 0.717) is 17.2 Å². The van der Waals surface area contributed by atoms with E-state index in [4.69, 9.17) is 4.74 Å². The molecule has 2 N–H and O–H groups in total. The largest absolute Gasteiger partial charge is 0.457 e. The molecule has 7 heteroatoms. The first-order chi connectivity index (χ1) is 12.9. The summed E-state index contributed by atoms with van der Waals surface area (Å²) in [6.45, 7) is 3.35. The Morgan fingerprint density at radius 3 is 2.30 bits per heavy atom. The molecule has 7 nitrogen and oxygen atoms in total. The van der Waals surface area contributed by atoms with E-state index in [1.165, 1.54) is 0 Å². The van der Waals surface area contributed by atoms with Gasteiger partial charge in [-0.3, -0.25) is 14.5 Å². The number of rotatable bonds is 6. The lowest BCUT2D eigenvalue weighted by atomic mass is 10.1. The molecule has 0 aliphatic carbocycles. The Hall–Kier alpha value is -3.35. The van der Waals surface area contributed by atoms with Crippen molar-refractivity contribution >= 4 is 23.5 Å². The van der Waals surface area contributed by atoms with E-state index in [2.05, 4.69) is 10.6 Å². The van der Waals surface area contributed by atoms with Gasteiger partial charge in [-0.15, -0.1) is 0 Å². The summed E-state index contributed by atoms with van der Waals surface area (Å²) in [5.41, 5.74) is 0.549. The van der Waals surface area contributed by atoms with Gasteiger partial charge in [0.05, 0.1) is 0 Å². The molecular formula is C20H21N3O4. The molecule has 2 aromatic rings. The summed E-state index contributed by atoms with van der Waals surface area (Å²) >= 11 is 0. The SMILES string of the molecule is CC(C)C1NC(=O)N(CC(=O)Nc2ccc(Oc3ccccc3)cc2)C1=O. The summed E-state index contributed by atoms with van der Waals surface area (Å²) in [7, 11) is 0. The molecule has 27 heavy (non-hydrogen) atoms. The minimum atomic E-state index is -0.584. The van der Waals surface area contributed by atoms with Gasteiger partial charge in [0.25, 0.3) is 5.91 Å². The van der Waals surface area contributed by atoms with Gasteiger partial charge in [-0.1, -0.05) is 32.0 Å². The van der Waals surface area contributed by atoms with Gasteiger partial charge in [0.15, 0.2) is 0 Å². The second-order valence-corrected chi connectivity index (χ2v) is 6.58. The monoisotopic (exact) mass is 367 g/mol. The molecule has 0 spiro atoms. The summed E-state index contributed by atoms with van der Waals surface area (Å²) < 4.78 is 5.69. The van der Waals surface area contributed by atoms with Crippen LogP contribution in [0.5, 0.6) is 11.5 Å². The van der Waals surface area contributed by atoms with E-state index in [1.807, 2.05) is 44.2 Å². The summed E-state index contributed by atoms with van der Waals surface area (Å²) in [6.07, 6.45) is 0. The van der Waals surface area contributed by atoms with Crippen molar-refractivity contribution < 1.29 is 19.1 Å². The normalized spacial score (nSPS) is 16.4. The van der Waals surface area contributed by atoms with Gasteiger partial charge in [0.1, 0.15) is 24.1 Å². The predicted octanol–water partition coefficient (Wildman–Crippen LogP) is 2.99. The molecular weight excluding hydrogens is 346 g/mol. The van der Waals surface area contributed by atoms with Crippen molar-refractivity contribution in [1.82, 2.24) is 10.2 Å². The second-order valence-electron chi connectivity index (χ2n) is 6.58. The molecule has 1 fully saturated rings. The lowest BCUT2D eigenvalue weighted by Gasteiger charge is -2.14. The topological polar surface area (TPSA) is 87.7 Å². The van der Waals surface area contributed by atoms with Crippen molar-refractivity contribution in [3.63, 3.8) is 0 Å². The molecule has 1 unspecified atom stereocenters. The van der Waals surface area contributed by atoms with Crippen LogP contribution in [-0.4, -0.2) is 35.3 Å². The third-order valence-electron chi connectivity index (χ3n) is 4.14. The Bertz CT molecular complexity index is 834. The molecule has 1 heterocycles. The Labute approximate surface area is 157 Å². The molecule has 0 radical (unpaired) electrons.